The van der Waals surface area contributed by atoms with Gasteiger partial charge in [-0.1, -0.05) is 61.9 Å². The Hall–Kier alpha value is -3.35. The van der Waals surface area contributed by atoms with Crippen molar-refractivity contribution in [1.29, 1.82) is 0 Å². The highest BCUT2D eigenvalue weighted by Crippen LogP contribution is 2.44. The lowest BCUT2D eigenvalue weighted by Gasteiger charge is -2.16. The van der Waals surface area contributed by atoms with Gasteiger partial charge in [0.15, 0.2) is 0 Å². The van der Waals surface area contributed by atoms with E-state index < -0.39 is 18.0 Å². The van der Waals surface area contributed by atoms with Crippen molar-refractivity contribution >= 4 is 18.0 Å². The monoisotopic (exact) mass is 438 g/mol. The normalized spacial score (nSPS) is 13.0. The molecular weight excluding hydrogens is 408 g/mol. The zero-order chi connectivity index (χ0) is 22.9. The van der Waals surface area contributed by atoms with E-state index in [0.29, 0.717) is 13.0 Å². The molecule has 0 bridgehead atoms. The van der Waals surface area contributed by atoms with E-state index in [2.05, 4.69) is 34.9 Å². The lowest BCUT2D eigenvalue weighted by Crippen LogP contribution is -2.38. The number of carbonyl (C=O) groups is 3. The van der Waals surface area contributed by atoms with E-state index in [4.69, 9.17) is 9.84 Å². The van der Waals surface area contributed by atoms with Gasteiger partial charge in [-0.2, -0.15) is 0 Å². The third kappa shape index (κ3) is 6.09. The third-order valence-corrected chi connectivity index (χ3v) is 5.71. The van der Waals surface area contributed by atoms with Gasteiger partial charge in [-0.15, -0.1) is 0 Å². The van der Waals surface area contributed by atoms with Crippen LogP contribution in [-0.2, 0) is 14.3 Å². The van der Waals surface area contributed by atoms with Gasteiger partial charge < -0.3 is 20.5 Å². The molecule has 1 aliphatic rings. The van der Waals surface area contributed by atoms with Crippen LogP contribution in [0.1, 0.15) is 49.7 Å². The summed E-state index contributed by atoms with van der Waals surface area (Å²) in [6, 6.07) is 16.3. The van der Waals surface area contributed by atoms with E-state index in [9.17, 15) is 14.4 Å². The highest BCUT2D eigenvalue weighted by Gasteiger charge is 2.29. The molecule has 0 saturated heterocycles. The van der Waals surface area contributed by atoms with Gasteiger partial charge in [0.1, 0.15) is 6.61 Å². The second-order valence-electron chi connectivity index (χ2n) is 8.10. The molecule has 0 heterocycles. The minimum absolute atomic E-state index is 0.00463. The summed E-state index contributed by atoms with van der Waals surface area (Å²) in [6.45, 7) is 2.65. The summed E-state index contributed by atoms with van der Waals surface area (Å²) in [7, 11) is 0. The number of carbonyl (C=O) groups excluding carboxylic acids is 2. The fourth-order valence-electron chi connectivity index (χ4n) is 3.94. The quantitative estimate of drug-likeness (QED) is 0.461. The average molecular weight is 439 g/mol. The summed E-state index contributed by atoms with van der Waals surface area (Å²) in [5.74, 6) is -1.35. The van der Waals surface area contributed by atoms with Gasteiger partial charge in [0.2, 0.25) is 5.91 Å². The van der Waals surface area contributed by atoms with Crippen LogP contribution in [0.5, 0.6) is 0 Å². The molecule has 0 aliphatic heterocycles. The second-order valence-corrected chi connectivity index (χ2v) is 8.10. The molecule has 2 aromatic rings. The van der Waals surface area contributed by atoms with Crippen molar-refractivity contribution in [1.82, 2.24) is 10.6 Å². The number of hydrogen-bond donors (Lipinski definition) is 3. The molecular formula is C25H30N2O5. The Labute approximate surface area is 188 Å². The van der Waals surface area contributed by atoms with Crippen LogP contribution in [0.25, 0.3) is 11.1 Å². The Morgan fingerprint density at radius 3 is 2.19 bits per heavy atom. The van der Waals surface area contributed by atoms with Crippen LogP contribution in [0.15, 0.2) is 48.5 Å². The fourth-order valence-corrected chi connectivity index (χ4v) is 3.94. The van der Waals surface area contributed by atoms with Crippen LogP contribution in [-0.4, -0.2) is 42.8 Å². The smallest absolute Gasteiger partial charge is 0.407 e. The van der Waals surface area contributed by atoms with E-state index in [1.54, 1.807) is 6.92 Å². The zero-order valence-corrected chi connectivity index (χ0v) is 18.3. The van der Waals surface area contributed by atoms with Crippen molar-refractivity contribution in [3.8, 4) is 11.1 Å². The van der Waals surface area contributed by atoms with Crippen LogP contribution in [0.4, 0.5) is 4.79 Å². The number of carboxylic acids is 1. The molecule has 2 amide bonds. The minimum atomic E-state index is -0.804. The van der Waals surface area contributed by atoms with E-state index in [1.807, 2.05) is 24.3 Å². The molecule has 3 rings (SSSR count). The number of rotatable bonds is 11. The average Bonchev–Trinajstić information content (AvgIpc) is 3.11. The number of aliphatic carboxylic acids is 1. The highest BCUT2D eigenvalue weighted by molar-refractivity contribution is 5.80. The Kier molecular flexibility index (Phi) is 8.25. The van der Waals surface area contributed by atoms with Gasteiger partial charge in [0, 0.05) is 25.4 Å². The Morgan fingerprint density at radius 2 is 1.56 bits per heavy atom. The molecule has 1 unspecified atom stereocenters. The minimum Gasteiger partial charge on any atom is -0.481 e. The van der Waals surface area contributed by atoms with Gasteiger partial charge in [0.25, 0.3) is 0 Å². The molecule has 0 fully saturated rings. The summed E-state index contributed by atoms with van der Waals surface area (Å²) >= 11 is 0. The molecule has 0 saturated carbocycles. The number of unbranched alkanes of at least 4 members (excludes halogenated alkanes) is 2. The molecule has 1 atom stereocenters. The van der Waals surface area contributed by atoms with Crippen molar-refractivity contribution in [3.63, 3.8) is 0 Å². The number of nitrogens with one attached hydrogen (secondary N) is 2. The number of benzene rings is 2. The lowest BCUT2D eigenvalue weighted by molar-refractivity contribution is -0.137. The van der Waals surface area contributed by atoms with Gasteiger partial charge >= 0.3 is 12.1 Å². The summed E-state index contributed by atoms with van der Waals surface area (Å²) in [4.78, 5) is 34.8. The number of ether oxygens (including phenoxy) is 1. The topological polar surface area (TPSA) is 105 Å². The maximum atomic E-state index is 12.2. The predicted molar refractivity (Wildman–Crippen MR) is 121 cm³/mol. The highest BCUT2D eigenvalue weighted by atomic mass is 16.5. The molecule has 7 heteroatoms. The summed E-state index contributed by atoms with van der Waals surface area (Å²) in [5.41, 5.74) is 4.64. The zero-order valence-electron chi connectivity index (χ0n) is 18.3. The second kappa shape index (κ2) is 11.3. The van der Waals surface area contributed by atoms with Crippen molar-refractivity contribution < 1.29 is 24.2 Å². The van der Waals surface area contributed by atoms with Crippen LogP contribution in [0, 0.1) is 5.92 Å². The summed E-state index contributed by atoms with van der Waals surface area (Å²) < 4.78 is 5.48. The summed E-state index contributed by atoms with van der Waals surface area (Å²) in [6.07, 6.45) is 1.68. The first-order valence-corrected chi connectivity index (χ1v) is 11.1. The molecule has 0 spiro atoms. The van der Waals surface area contributed by atoms with Crippen LogP contribution in [0.2, 0.25) is 0 Å². The Morgan fingerprint density at radius 1 is 0.938 bits per heavy atom. The lowest BCUT2D eigenvalue weighted by atomic mass is 9.98. The predicted octanol–water partition coefficient (Wildman–Crippen LogP) is 3.92. The van der Waals surface area contributed by atoms with Crippen molar-refractivity contribution in [2.24, 2.45) is 5.92 Å². The van der Waals surface area contributed by atoms with Crippen molar-refractivity contribution in [2.45, 2.75) is 38.5 Å². The van der Waals surface area contributed by atoms with Gasteiger partial charge in [-0.3, -0.25) is 9.59 Å². The largest absolute Gasteiger partial charge is 0.481 e. The van der Waals surface area contributed by atoms with Gasteiger partial charge in [-0.25, -0.2) is 4.79 Å². The van der Waals surface area contributed by atoms with Crippen LogP contribution >= 0.6 is 0 Å². The standard InChI is InChI=1S/C25H30N2O5/c1-17(24(30)26-14-8-2-3-13-23(28)29)15-27-25(31)32-16-22-20-11-6-4-9-18(20)19-10-5-7-12-21(19)22/h4-7,9-12,17,22H,2-3,8,13-16H2,1H3,(H,26,30)(H,27,31)(H,28,29). The van der Waals surface area contributed by atoms with Gasteiger partial charge in [-0.05, 0) is 35.1 Å². The van der Waals surface area contributed by atoms with E-state index >= 15 is 0 Å². The van der Waals surface area contributed by atoms with E-state index in [-0.39, 0.29) is 31.4 Å². The maximum absolute atomic E-state index is 12.2. The SMILES string of the molecule is CC(CNC(=O)OCC1c2ccccc2-c2ccccc21)C(=O)NCCCCCC(=O)O. The molecule has 2 aromatic carbocycles. The summed E-state index contributed by atoms with van der Waals surface area (Å²) in [5, 5.41) is 14.1. The molecule has 1 aliphatic carbocycles. The molecule has 7 nitrogen and oxygen atoms in total. The molecule has 32 heavy (non-hydrogen) atoms. The van der Waals surface area contributed by atoms with E-state index in [0.717, 1.165) is 24.0 Å². The van der Waals surface area contributed by atoms with Gasteiger partial charge in [0.05, 0.1) is 5.92 Å². The van der Waals surface area contributed by atoms with E-state index in [1.165, 1.54) is 11.1 Å². The maximum Gasteiger partial charge on any atom is 0.407 e. The molecule has 3 N–H and O–H groups in total. The number of fused-ring (bicyclic) bond motifs is 3. The number of amides is 2. The molecule has 0 aromatic heterocycles. The molecule has 170 valence electrons. The third-order valence-electron chi connectivity index (χ3n) is 5.71. The first-order chi connectivity index (χ1) is 15.5. The first kappa shape index (κ1) is 23.3. The fraction of sp³-hybridized carbons (Fsp3) is 0.400. The number of alkyl carbamates (subject to hydrolysis) is 1. The van der Waals surface area contributed by atoms with Crippen LogP contribution in [0.3, 0.4) is 0 Å². The Balaban J connectivity index is 1.39. The van der Waals surface area contributed by atoms with Crippen molar-refractivity contribution in [2.75, 3.05) is 19.7 Å². The molecule has 0 radical (unpaired) electrons. The Bertz CT molecular complexity index is 913. The van der Waals surface area contributed by atoms with Crippen LogP contribution < -0.4 is 10.6 Å². The number of carboxylic acid groups (broad SMARTS) is 1. The number of hydrogen-bond acceptors (Lipinski definition) is 4. The van der Waals surface area contributed by atoms with Crippen molar-refractivity contribution in [3.05, 3.63) is 59.7 Å². The first-order valence-electron chi connectivity index (χ1n) is 11.1.